The van der Waals surface area contributed by atoms with Gasteiger partial charge in [0.2, 0.25) is 0 Å². The lowest BCUT2D eigenvalue weighted by atomic mass is 9.96. The third-order valence-corrected chi connectivity index (χ3v) is 2.12. The van der Waals surface area contributed by atoms with E-state index >= 15 is 0 Å². The lowest BCUT2D eigenvalue weighted by Gasteiger charge is -2.20. The lowest BCUT2D eigenvalue weighted by molar-refractivity contribution is -0.172. The van der Waals surface area contributed by atoms with Gasteiger partial charge in [-0.25, -0.2) is 4.79 Å². The van der Waals surface area contributed by atoms with Crippen LogP contribution in [0.5, 0.6) is 0 Å². The molecular weight excluding hydrogens is 248 g/mol. The van der Waals surface area contributed by atoms with E-state index in [0.717, 1.165) is 0 Å². The molecule has 0 amide bonds. The maximum absolute atomic E-state index is 11.2. The molecule has 4 N–H and O–H groups in total. The van der Waals surface area contributed by atoms with E-state index in [0.29, 0.717) is 0 Å². The maximum Gasteiger partial charge on any atom is 0.336 e. The fourth-order valence-electron chi connectivity index (χ4n) is 1.04. The number of hydrogen-bond donors (Lipinski definition) is 4. The van der Waals surface area contributed by atoms with Crippen molar-refractivity contribution in [3.8, 4) is 0 Å². The van der Waals surface area contributed by atoms with Crippen LogP contribution in [0.1, 0.15) is 19.8 Å². The highest BCUT2D eigenvalue weighted by atomic mass is 16.5. The Kier molecular flexibility index (Phi) is 6.28. The molecule has 0 rings (SSSR count). The molecule has 0 heterocycles. The molecule has 0 aliphatic carbocycles. The number of ether oxygens (including phenoxy) is 1. The minimum Gasteiger partial charge on any atom is -0.481 e. The van der Waals surface area contributed by atoms with Crippen molar-refractivity contribution in [1.82, 2.24) is 0 Å². The zero-order valence-electron chi connectivity index (χ0n) is 9.83. The van der Waals surface area contributed by atoms with Gasteiger partial charge in [-0.05, 0) is 0 Å². The van der Waals surface area contributed by atoms with Gasteiger partial charge in [0.25, 0.3) is 0 Å². The fraction of sp³-hybridized carbons (Fsp3) is 0.700. The van der Waals surface area contributed by atoms with E-state index in [9.17, 15) is 19.5 Å². The number of carboxylic acid groups (broad SMARTS) is 2. The summed E-state index contributed by atoms with van der Waals surface area (Å²) in [5.41, 5.74) is -2.69. The molecule has 8 nitrogen and oxygen atoms in total. The van der Waals surface area contributed by atoms with Crippen LogP contribution in [-0.4, -0.2) is 57.1 Å². The summed E-state index contributed by atoms with van der Waals surface area (Å²) in [6.45, 7) is 1.23. The second-order valence-electron chi connectivity index (χ2n) is 4.05. The summed E-state index contributed by atoms with van der Waals surface area (Å²) in [6.07, 6.45) is -2.07. The first-order chi connectivity index (χ1) is 8.21. The number of carboxylic acids is 2. The number of carbonyl (C=O) groups excluding carboxylic acids is 1. The van der Waals surface area contributed by atoms with Crippen LogP contribution >= 0.6 is 0 Å². The Balaban J connectivity index is 4.46. The Morgan fingerprint density at radius 2 is 1.78 bits per heavy atom. The van der Waals surface area contributed by atoms with E-state index < -0.39 is 36.4 Å². The van der Waals surface area contributed by atoms with E-state index in [2.05, 4.69) is 4.74 Å². The van der Waals surface area contributed by atoms with Crippen molar-refractivity contribution < 1.29 is 39.5 Å². The van der Waals surface area contributed by atoms with Crippen LogP contribution in [0.4, 0.5) is 0 Å². The maximum atomic E-state index is 11.2. The van der Waals surface area contributed by atoms with Crippen molar-refractivity contribution in [2.75, 3.05) is 13.2 Å². The monoisotopic (exact) mass is 264 g/mol. The zero-order valence-corrected chi connectivity index (χ0v) is 9.83. The molecule has 2 unspecified atom stereocenters. The van der Waals surface area contributed by atoms with Gasteiger partial charge in [-0.3, -0.25) is 9.59 Å². The molecule has 18 heavy (non-hydrogen) atoms. The summed E-state index contributed by atoms with van der Waals surface area (Å²) in [5.74, 6) is -4.72. The summed E-state index contributed by atoms with van der Waals surface area (Å²) >= 11 is 0. The number of aliphatic hydroxyl groups is 2. The molecule has 104 valence electrons. The van der Waals surface area contributed by atoms with Crippen molar-refractivity contribution in [2.45, 2.75) is 25.4 Å². The van der Waals surface area contributed by atoms with Gasteiger partial charge < -0.3 is 25.2 Å². The Bertz CT molecular complexity index is 326. The van der Waals surface area contributed by atoms with E-state index in [1.165, 1.54) is 0 Å². The molecule has 0 saturated heterocycles. The standard InChI is InChI=1S/C10H16O8/c1-6(4-11)5-18-8(14)3-10(17,9(15)16)2-7(12)13/h6,11,17H,2-5H2,1H3,(H,12,13)(H,15,16). The molecule has 0 radical (unpaired) electrons. The van der Waals surface area contributed by atoms with Crippen molar-refractivity contribution in [2.24, 2.45) is 5.92 Å². The van der Waals surface area contributed by atoms with Crippen LogP contribution in [0.3, 0.4) is 0 Å². The Morgan fingerprint density at radius 1 is 1.22 bits per heavy atom. The number of hydrogen-bond acceptors (Lipinski definition) is 6. The van der Waals surface area contributed by atoms with Crippen LogP contribution in [-0.2, 0) is 19.1 Å². The third kappa shape index (κ3) is 5.60. The second-order valence-corrected chi connectivity index (χ2v) is 4.05. The van der Waals surface area contributed by atoms with E-state index in [4.69, 9.17) is 15.3 Å². The highest BCUT2D eigenvalue weighted by Gasteiger charge is 2.41. The second kappa shape index (κ2) is 6.92. The van der Waals surface area contributed by atoms with Crippen LogP contribution < -0.4 is 0 Å². The number of carbonyl (C=O) groups is 3. The smallest absolute Gasteiger partial charge is 0.336 e. The predicted octanol–water partition coefficient (Wildman–Crippen LogP) is -1.16. The molecule has 0 aliphatic heterocycles. The minimum absolute atomic E-state index is 0.141. The molecule has 0 aromatic heterocycles. The highest BCUT2D eigenvalue weighted by molar-refractivity contribution is 5.88. The van der Waals surface area contributed by atoms with E-state index in [1.54, 1.807) is 6.92 Å². The zero-order chi connectivity index (χ0) is 14.3. The van der Waals surface area contributed by atoms with Gasteiger partial charge in [0.15, 0.2) is 5.60 Å². The van der Waals surface area contributed by atoms with Gasteiger partial charge in [-0.1, -0.05) is 6.92 Å². The van der Waals surface area contributed by atoms with E-state index in [-0.39, 0.29) is 19.1 Å². The fourth-order valence-corrected chi connectivity index (χ4v) is 1.04. The first kappa shape index (κ1) is 16.3. The molecule has 0 saturated carbocycles. The van der Waals surface area contributed by atoms with Crippen LogP contribution in [0.25, 0.3) is 0 Å². The molecule has 0 aromatic carbocycles. The minimum atomic E-state index is -2.69. The first-order valence-corrected chi connectivity index (χ1v) is 5.15. The number of aliphatic carboxylic acids is 2. The Labute approximate surface area is 103 Å². The predicted molar refractivity (Wildman–Crippen MR) is 56.7 cm³/mol. The molecule has 0 fully saturated rings. The lowest BCUT2D eigenvalue weighted by Crippen LogP contribution is -2.43. The van der Waals surface area contributed by atoms with Crippen molar-refractivity contribution >= 4 is 17.9 Å². The van der Waals surface area contributed by atoms with Gasteiger partial charge in [-0.2, -0.15) is 0 Å². The average Bonchev–Trinajstić information content (AvgIpc) is 2.24. The summed E-state index contributed by atoms with van der Waals surface area (Å²) < 4.78 is 4.61. The summed E-state index contributed by atoms with van der Waals surface area (Å²) in [7, 11) is 0. The number of aliphatic hydroxyl groups excluding tert-OH is 1. The Morgan fingerprint density at radius 3 is 2.17 bits per heavy atom. The first-order valence-electron chi connectivity index (χ1n) is 5.15. The number of rotatable bonds is 8. The normalized spacial score (nSPS) is 15.5. The third-order valence-electron chi connectivity index (χ3n) is 2.12. The Hall–Kier alpha value is -1.67. The summed E-state index contributed by atoms with van der Waals surface area (Å²) in [5, 5.41) is 35.3. The molecule has 2 atom stereocenters. The van der Waals surface area contributed by atoms with Crippen LogP contribution in [0.2, 0.25) is 0 Å². The molecule has 0 spiro atoms. The van der Waals surface area contributed by atoms with Crippen molar-refractivity contribution in [1.29, 1.82) is 0 Å². The van der Waals surface area contributed by atoms with Crippen molar-refractivity contribution in [3.05, 3.63) is 0 Å². The molecule has 0 aromatic rings. The largest absolute Gasteiger partial charge is 0.481 e. The summed E-state index contributed by atoms with van der Waals surface area (Å²) in [6, 6.07) is 0. The molecular formula is C10H16O8. The summed E-state index contributed by atoms with van der Waals surface area (Å²) in [4.78, 5) is 32.4. The van der Waals surface area contributed by atoms with Gasteiger partial charge in [0.1, 0.15) is 0 Å². The highest BCUT2D eigenvalue weighted by Crippen LogP contribution is 2.17. The van der Waals surface area contributed by atoms with Crippen LogP contribution in [0, 0.1) is 5.92 Å². The topological polar surface area (TPSA) is 141 Å². The van der Waals surface area contributed by atoms with Crippen molar-refractivity contribution in [3.63, 3.8) is 0 Å². The average molecular weight is 264 g/mol. The van der Waals surface area contributed by atoms with Gasteiger partial charge in [0.05, 0.1) is 19.4 Å². The number of esters is 1. The van der Waals surface area contributed by atoms with Crippen LogP contribution in [0.15, 0.2) is 0 Å². The SMILES string of the molecule is CC(CO)COC(=O)CC(O)(CC(=O)O)C(=O)O. The van der Waals surface area contributed by atoms with Gasteiger partial charge in [0, 0.05) is 12.5 Å². The van der Waals surface area contributed by atoms with Gasteiger partial charge in [-0.15, -0.1) is 0 Å². The molecule has 8 heteroatoms. The van der Waals surface area contributed by atoms with E-state index in [1.807, 2.05) is 0 Å². The molecule has 0 bridgehead atoms. The quantitative estimate of drug-likeness (QED) is 0.402. The van der Waals surface area contributed by atoms with Gasteiger partial charge >= 0.3 is 17.9 Å². The molecule has 0 aliphatic rings.